The topological polar surface area (TPSA) is 64.6 Å². The Bertz CT molecular complexity index is 575. The zero-order valence-corrected chi connectivity index (χ0v) is 13.6. The smallest absolute Gasteiger partial charge is 0.341 e. The number of anilines is 1. The molecule has 22 heavy (non-hydrogen) atoms. The van der Waals surface area contributed by atoms with E-state index >= 15 is 0 Å². The van der Waals surface area contributed by atoms with Gasteiger partial charge in [0.25, 0.3) is 5.91 Å². The van der Waals surface area contributed by atoms with Gasteiger partial charge in [0.15, 0.2) is 0 Å². The molecule has 1 N–H and O–H groups in total. The molecule has 2 aliphatic rings. The van der Waals surface area contributed by atoms with Crippen LogP contribution in [0.3, 0.4) is 0 Å². The van der Waals surface area contributed by atoms with Crippen molar-refractivity contribution >= 4 is 28.2 Å². The van der Waals surface area contributed by atoms with Gasteiger partial charge < -0.3 is 14.8 Å². The summed E-state index contributed by atoms with van der Waals surface area (Å²) in [5, 5.41) is 3.52. The number of hydrogen-bond acceptors (Lipinski definition) is 5. The number of thiophene rings is 1. The highest BCUT2D eigenvalue weighted by Crippen LogP contribution is 2.39. The Balaban J connectivity index is 1.80. The Kier molecular flexibility index (Phi) is 4.78. The molecule has 1 aliphatic carbocycles. The Morgan fingerprint density at radius 1 is 1.36 bits per heavy atom. The molecular formula is C16H21NO4S. The van der Waals surface area contributed by atoms with Crippen LogP contribution in [0, 0.1) is 0 Å². The van der Waals surface area contributed by atoms with Crippen LogP contribution in [0.15, 0.2) is 0 Å². The van der Waals surface area contributed by atoms with Gasteiger partial charge in [-0.3, -0.25) is 4.79 Å². The van der Waals surface area contributed by atoms with Crippen LogP contribution in [0.5, 0.6) is 0 Å². The van der Waals surface area contributed by atoms with Crippen molar-refractivity contribution in [3.05, 3.63) is 16.0 Å². The van der Waals surface area contributed by atoms with Crippen LogP contribution >= 0.6 is 11.3 Å². The second-order valence-electron chi connectivity index (χ2n) is 5.69. The lowest BCUT2D eigenvalue weighted by atomic mass is 10.1. The molecule has 2 heterocycles. The quantitative estimate of drug-likeness (QED) is 0.846. The average Bonchev–Trinajstić information content (AvgIpc) is 3.20. The number of hydrogen-bond donors (Lipinski definition) is 1. The SMILES string of the molecule is CCCOC(=O)c1c(NC(=O)[C@@H]2CCCO2)sc2c1CCC2. The number of rotatable bonds is 5. The van der Waals surface area contributed by atoms with Crippen molar-refractivity contribution < 1.29 is 19.1 Å². The minimum absolute atomic E-state index is 0.151. The van der Waals surface area contributed by atoms with Gasteiger partial charge in [-0.2, -0.15) is 0 Å². The van der Waals surface area contributed by atoms with Crippen molar-refractivity contribution in [1.29, 1.82) is 0 Å². The van der Waals surface area contributed by atoms with E-state index < -0.39 is 6.10 Å². The van der Waals surface area contributed by atoms with Crippen LogP contribution in [0.4, 0.5) is 5.00 Å². The van der Waals surface area contributed by atoms with Crippen LogP contribution in [-0.2, 0) is 27.1 Å². The zero-order valence-electron chi connectivity index (χ0n) is 12.8. The monoisotopic (exact) mass is 323 g/mol. The molecule has 120 valence electrons. The number of ether oxygens (including phenoxy) is 2. The summed E-state index contributed by atoms with van der Waals surface area (Å²) in [4.78, 5) is 25.8. The lowest BCUT2D eigenvalue weighted by Gasteiger charge is -2.11. The van der Waals surface area contributed by atoms with Crippen molar-refractivity contribution in [2.45, 2.75) is 51.6 Å². The van der Waals surface area contributed by atoms with E-state index in [1.165, 1.54) is 16.2 Å². The first-order valence-electron chi connectivity index (χ1n) is 7.94. The van der Waals surface area contributed by atoms with E-state index in [1.54, 1.807) is 0 Å². The molecule has 1 aliphatic heterocycles. The molecule has 0 spiro atoms. The first-order chi connectivity index (χ1) is 10.7. The molecule has 0 aromatic carbocycles. The van der Waals surface area contributed by atoms with Crippen molar-refractivity contribution in [1.82, 2.24) is 0 Å². The van der Waals surface area contributed by atoms with Gasteiger partial charge in [0.05, 0.1) is 12.2 Å². The summed E-state index contributed by atoms with van der Waals surface area (Å²) in [7, 11) is 0. The summed E-state index contributed by atoms with van der Waals surface area (Å²) in [6, 6.07) is 0. The second-order valence-corrected chi connectivity index (χ2v) is 6.79. The van der Waals surface area contributed by atoms with Crippen molar-refractivity contribution in [2.75, 3.05) is 18.5 Å². The second kappa shape index (κ2) is 6.79. The molecule has 3 rings (SSSR count). The number of carbonyl (C=O) groups excluding carboxylic acids is 2. The van der Waals surface area contributed by atoms with Crippen molar-refractivity contribution in [3.63, 3.8) is 0 Å². The van der Waals surface area contributed by atoms with Gasteiger partial charge in [0.1, 0.15) is 11.1 Å². The Morgan fingerprint density at radius 3 is 2.95 bits per heavy atom. The van der Waals surface area contributed by atoms with E-state index in [-0.39, 0.29) is 11.9 Å². The summed E-state index contributed by atoms with van der Waals surface area (Å²) in [5.41, 5.74) is 1.63. The molecule has 5 nitrogen and oxygen atoms in total. The van der Waals surface area contributed by atoms with Crippen LogP contribution in [-0.4, -0.2) is 31.2 Å². The van der Waals surface area contributed by atoms with E-state index in [4.69, 9.17) is 9.47 Å². The third kappa shape index (κ3) is 3.03. The number of aryl methyl sites for hydroxylation is 1. The molecule has 1 fully saturated rings. The highest BCUT2D eigenvalue weighted by atomic mass is 32.1. The third-order valence-electron chi connectivity index (χ3n) is 4.02. The first kappa shape index (κ1) is 15.5. The molecule has 0 bridgehead atoms. The van der Waals surface area contributed by atoms with Crippen molar-refractivity contribution in [2.24, 2.45) is 0 Å². The summed E-state index contributed by atoms with van der Waals surface area (Å²) >= 11 is 1.51. The van der Waals surface area contributed by atoms with E-state index in [9.17, 15) is 9.59 Å². The molecule has 0 radical (unpaired) electrons. The van der Waals surface area contributed by atoms with Crippen LogP contribution in [0.25, 0.3) is 0 Å². The van der Waals surface area contributed by atoms with E-state index in [1.807, 2.05) is 6.92 Å². The molecule has 1 saturated heterocycles. The first-order valence-corrected chi connectivity index (χ1v) is 8.76. The Hall–Kier alpha value is -1.40. The highest BCUT2D eigenvalue weighted by molar-refractivity contribution is 7.17. The number of nitrogens with one attached hydrogen (secondary N) is 1. The predicted molar refractivity (Wildman–Crippen MR) is 84.5 cm³/mol. The minimum Gasteiger partial charge on any atom is -0.462 e. The number of fused-ring (bicyclic) bond motifs is 1. The van der Waals surface area contributed by atoms with Gasteiger partial charge in [-0.05, 0) is 44.1 Å². The minimum atomic E-state index is -0.392. The van der Waals surface area contributed by atoms with E-state index in [2.05, 4.69) is 5.32 Å². The van der Waals surface area contributed by atoms with E-state index in [0.717, 1.165) is 44.1 Å². The lowest BCUT2D eigenvalue weighted by Crippen LogP contribution is -2.27. The molecular weight excluding hydrogens is 302 g/mol. The lowest BCUT2D eigenvalue weighted by molar-refractivity contribution is -0.124. The van der Waals surface area contributed by atoms with Gasteiger partial charge in [-0.15, -0.1) is 11.3 Å². The molecule has 1 aromatic heterocycles. The zero-order chi connectivity index (χ0) is 15.5. The fourth-order valence-electron chi connectivity index (χ4n) is 2.95. The Labute approximate surface area is 134 Å². The summed E-state index contributed by atoms with van der Waals surface area (Å²) in [6.07, 6.45) is 4.97. The van der Waals surface area contributed by atoms with E-state index in [0.29, 0.717) is 23.8 Å². The van der Waals surface area contributed by atoms with Gasteiger partial charge in [-0.25, -0.2) is 4.79 Å². The van der Waals surface area contributed by atoms with Crippen LogP contribution in [0.1, 0.15) is 53.4 Å². The van der Waals surface area contributed by atoms with Gasteiger partial charge in [-0.1, -0.05) is 6.92 Å². The summed E-state index contributed by atoms with van der Waals surface area (Å²) in [5.74, 6) is -0.467. The fourth-order valence-corrected chi connectivity index (χ4v) is 4.23. The standard InChI is InChI=1S/C16H21NO4S/c1-2-8-21-16(19)13-10-5-3-7-12(10)22-15(13)17-14(18)11-6-4-9-20-11/h11H,2-9H2,1H3,(H,17,18)/t11-/m0/s1. The third-order valence-corrected chi connectivity index (χ3v) is 5.23. The molecule has 1 aromatic rings. The Morgan fingerprint density at radius 2 is 2.23 bits per heavy atom. The molecule has 6 heteroatoms. The highest BCUT2D eigenvalue weighted by Gasteiger charge is 2.30. The fraction of sp³-hybridized carbons (Fsp3) is 0.625. The maximum atomic E-state index is 12.3. The van der Waals surface area contributed by atoms with Crippen molar-refractivity contribution in [3.8, 4) is 0 Å². The normalized spacial score (nSPS) is 20.0. The summed E-state index contributed by atoms with van der Waals surface area (Å²) in [6.45, 7) is 3.00. The molecule has 1 atom stereocenters. The average molecular weight is 323 g/mol. The maximum absolute atomic E-state index is 12.3. The van der Waals surface area contributed by atoms with Crippen LogP contribution in [0.2, 0.25) is 0 Å². The molecule has 0 unspecified atom stereocenters. The number of amides is 1. The summed E-state index contributed by atoms with van der Waals surface area (Å²) < 4.78 is 10.7. The van der Waals surface area contributed by atoms with Crippen LogP contribution < -0.4 is 5.32 Å². The molecule has 1 amide bonds. The predicted octanol–water partition coefficient (Wildman–Crippen LogP) is 2.92. The van der Waals surface area contributed by atoms with Gasteiger partial charge in [0, 0.05) is 11.5 Å². The maximum Gasteiger partial charge on any atom is 0.341 e. The van der Waals surface area contributed by atoms with Gasteiger partial charge in [0.2, 0.25) is 0 Å². The van der Waals surface area contributed by atoms with Gasteiger partial charge >= 0.3 is 5.97 Å². The molecule has 0 saturated carbocycles. The number of esters is 1. The largest absolute Gasteiger partial charge is 0.462 e. The number of carbonyl (C=O) groups is 2.